The first kappa shape index (κ1) is 26.1. The minimum Gasteiger partial charge on any atom is -0.456 e. The van der Waals surface area contributed by atoms with Gasteiger partial charge in [0, 0.05) is 36.0 Å². The van der Waals surface area contributed by atoms with Crippen LogP contribution in [0.15, 0.2) is 51.8 Å². The summed E-state index contributed by atoms with van der Waals surface area (Å²) in [5.74, 6) is 2.59. The molecule has 3 aromatic heterocycles. The molecule has 1 saturated carbocycles. The highest BCUT2D eigenvalue weighted by atomic mass is 19.1. The fourth-order valence-electron chi connectivity index (χ4n) is 5.21. The number of H-pyrrole nitrogens is 1. The zero-order valence-electron chi connectivity index (χ0n) is 23.5. The number of imidazole rings is 1. The van der Waals surface area contributed by atoms with Gasteiger partial charge in [0.1, 0.15) is 34.4 Å². The van der Waals surface area contributed by atoms with Crippen molar-refractivity contribution < 1.29 is 18.7 Å². The van der Waals surface area contributed by atoms with Crippen LogP contribution in [0.5, 0.6) is 11.5 Å². The van der Waals surface area contributed by atoms with Gasteiger partial charge in [0.25, 0.3) is 5.56 Å². The number of aromatic amines is 1. The van der Waals surface area contributed by atoms with Crippen molar-refractivity contribution in [3.63, 3.8) is 0 Å². The van der Waals surface area contributed by atoms with E-state index in [1.165, 1.54) is 16.7 Å². The van der Waals surface area contributed by atoms with Crippen molar-refractivity contribution in [3.05, 3.63) is 87.0 Å². The number of nitrogens with one attached hydrogen (secondary N) is 1. The fraction of sp³-hybridized carbons (Fsp3) is 0.312. The van der Waals surface area contributed by atoms with E-state index < -0.39 is 5.60 Å². The lowest BCUT2D eigenvalue weighted by atomic mass is 9.93. The van der Waals surface area contributed by atoms with Gasteiger partial charge in [0.15, 0.2) is 5.76 Å². The van der Waals surface area contributed by atoms with E-state index in [4.69, 9.17) is 14.1 Å². The van der Waals surface area contributed by atoms with Gasteiger partial charge in [-0.15, -0.1) is 0 Å². The van der Waals surface area contributed by atoms with Crippen LogP contribution in [0.1, 0.15) is 60.8 Å². The molecule has 0 atom stereocenters. The normalized spacial score (nSPS) is 13.8. The Kier molecular flexibility index (Phi) is 6.00. The number of benzene rings is 2. The van der Waals surface area contributed by atoms with E-state index in [1.54, 1.807) is 59.1 Å². The van der Waals surface area contributed by atoms with Crippen molar-refractivity contribution >= 4 is 11.0 Å². The van der Waals surface area contributed by atoms with Crippen molar-refractivity contribution in [1.29, 1.82) is 0 Å². The third-order valence-electron chi connectivity index (χ3n) is 7.56. The Hall–Kier alpha value is -4.17. The second-order valence-electron chi connectivity index (χ2n) is 11.4. The molecule has 8 heteroatoms. The highest BCUT2D eigenvalue weighted by Crippen LogP contribution is 2.43. The van der Waals surface area contributed by atoms with Crippen LogP contribution in [0.3, 0.4) is 0 Å². The van der Waals surface area contributed by atoms with E-state index in [-0.39, 0.29) is 11.4 Å². The summed E-state index contributed by atoms with van der Waals surface area (Å²) < 4.78 is 28.3. The minimum absolute atomic E-state index is 0.198. The summed E-state index contributed by atoms with van der Waals surface area (Å²) in [4.78, 5) is 21.4. The van der Waals surface area contributed by atoms with E-state index in [2.05, 4.69) is 4.98 Å². The largest absolute Gasteiger partial charge is 0.456 e. The molecule has 0 radical (unpaired) electrons. The van der Waals surface area contributed by atoms with Gasteiger partial charge in [-0.2, -0.15) is 0 Å². The molecule has 1 fully saturated rings. The molecule has 2 aromatic carbocycles. The smallest absolute Gasteiger partial charge is 0.261 e. The number of aliphatic hydroxyl groups is 1. The Morgan fingerprint density at radius 2 is 1.80 bits per heavy atom. The Bertz CT molecular complexity index is 1830. The predicted molar refractivity (Wildman–Crippen MR) is 152 cm³/mol. The molecule has 6 rings (SSSR count). The zero-order valence-corrected chi connectivity index (χ0v) is 23.5. The lowest BCUT2D eigenvalue weighted by Crippen LogP contribution is -2.17. The first-order valence-corrected chi connectivity index (χ1v) is 13.4. The van der Waals surface area contributed by atoms with Crippen molar-refractivity contribution in [1.82, 2.24) is 14.5 Å². The number of nitrogens with zero attached hydrogens (tertiary/aromatic N) is 2. The summed E-state index contributed by atoms with van der Waals surface area (Å²) in [6, 6.07) is 10.0. The second-order valence-corrected chi connectivity index (χ2v) is 11.4. The van der Waals surface area contributed by atoms with E-state index in [0.29, 0.717) is 67.7 Å². The van der Waals surface area contributed by atoms with Gasteiger partial charge in [-0.3, -0.25) is 4.79 Å². The first-order valence-electron chi connectivity index (χ1n) is 13.4. The Morgan fingerprint density at radius 1 is 1.10 bits per heavy atom. The molecule has 0 unspecified atom stereocenters. The standard InChI is InChI=1S/C32H32FN3O4/c1-16-11-21(33)12-17(2)28(16)39-25-10-9-20(32(4,5)38)13-22(25)24-15-36(6)31(37)23-14-26(40-29(23)24)27-18(3)34-30(35-27)19-7-8-19/h9-15,19,38H,7-8H2,1-6H3,(H,34,35). The molecule has 1 aliphatic rings. The lowest BCUT2D eigenvalue weighted by Gasteiger charge is -2.21. The monoisotopic (exact) mass is 541 g/mol. The lowest BCUT2D eigenvalue weighted by molar-refractivity contribution is 0.0786. The molecule has 0 spiro atoms. The number of aromatic nitrogens is 3. The summed E-state index contributed by atoms with van der Waals surface area (Å²) >= 11 is 0. The summed E-state index contributed by atoms with van der Waals surface area (Å²) in [5, 5.41) is 11.3. The number of aryl methyl sites for hydroxylation is 4. The van der Waals surface area contributed by atoms with Gasteiger partial charge >= 0.3 is 0 Å². The first-order chi connectivity index (χ1) is 18.9. The Labute approximate surface area is 231 Å². The maximum atomic E-state index is 14.0. The number of pyridine rings is 1. The van der Waals surface area contributed by atoms with Crippen LogP contribution in [0.4, 0.5) is 4.39 Å². The molecule has 0 bridgehead atoms. The van der Waals surface area contributed by atoms with E-state index in [9.17, 15) is 14.3 Å². The van der Waals surface area contributed by atoms with E-state index in [1.807, 2.05) is 13.0 Å². The summed E-state index contributed by atoms with van der Waals surface area (Å²) in [7, 11) is 1.69. The SMILES string of the molecule is Cc1cc(F)cc(C)c1Oc1ccc(C(C)(C)O)cc1-c1cn(C)c(=O)c2cc(-c3nc(C4CC4)[nH]c3C)oc12. The molecule has 0 aliphatic heterocycles. The van der Waals surface area contributed by atoms with Gasteiger partial charge in [0.05, 0.1) is 11.0 Å². The molecule has 206 valence electrons. The highest BCUT2D eigenvalue weighted by molar-refractivity contribution is 5.95. The van der Waals surface area contributed by atoms with Crippen molar-refractivity contribution in [2.24, 2.45) is 7.05 Å². The van der Waals surface area contributed by atoms with Crippen LogP contribution in [0.25, 0.3) is 33.6 Å². The van der Waals surface area contributed by atoms with Crippen LogP contribution in [-0.2, 0) is 12.6 Å². The molecule has 3 heterocycles. The third-order valence-corrected chi connectivity index (χ3v) is 7.56. The predicted octanol–water partition coefficient (Wildman–Crippen LogP) is 7.15. The number of halogens is 1. The Morgan fingerprint density at radius 3 is 2.45 bits per heavy atom. The Balaban J connectivity index is 1.57. The molecule has 2 N–H and O–H groups in total. The van der Waals surface area contributed by atoms with Gasteiger partial charge in [-0.1, -0.05) is 6.07 Å². The van der Waals surface area contributed by atoms with Crippen LogP contribution >= 0.6 is 0 Å². The molecule has 5 aromatic rings. The van der Waals surface area contributed by atoms with Gasteiger partial charge < -0.3 is 23.8 Å². The van der Waals surface area contributed by atoms with Gasteiger partial charge in [0.2, 0.25) is 0 Å². The van der Waals surface area contributed by atoms with Crippen molar-refractivity contribution in [3.8, 4) is 34.1 Å². The number of ether oxygens (including phenoxy) is 1. The molecule has 0 saturated heterocycles. The number of fused-ring (bicyclic) bond motifs is 1. The molecular formula is C32H32FN3O4. The van der Waals surface area contributed by atoms with Gasteiger partial charge in [-0.05, 0) is 94.5 Å². The average Bonchev–Trinajstić information content (AvgIpc) is 3.52. The number of rotatable bonds is 6. The third kappa shape index (κ3) is 4.52. The summed E-state index contributed by atoms with van der Waals surface area (Å²) in [6.07, 6.45) is 3.95. The fourth-order valence-corrected chi connectivity index (χ4v) is 5.21. The average molecular weight is 542 g/mol. The number of hydrogen-bond acceptors (Lipinski definition) is 5. The van der Waals surface area contributed by atoms with Crippen molar-refractivity contribution in [2.45, 2.75) is 59.0 Å². The zero-order chi connectivity index (χ0) is 28.5. The topological polar surface area (TPSA) is 93.3 Å². The van der Waals surface area contributed by atoms with Crippen LogP contribution < -0.4 is 10.3 Å². The molecule has 1 aliphatic carbocycles. The van der Waals surface area contributed by atoms with Crippen LogP contribution in [0, 0.1) is 26.6 Å². The highest BCUT2D eigenvalue weighted by Gasteiger charge is 2.29. The molecule has 7 nitrogen and oxygen atoms in total. The number of furan rings is 1. The number of hydrogen-bond donors (Lipinski definition) is 2. The quantitative estimate of drug-likeness (QED) is 0.238. The second kappa shape index (κ2) is 9.20. The van der Waals surface area contributed by atoms with Crippen LogP contribution in [-0.4, -0.2) is 19.6 Å². The minimum atomic E-state index is -1.13. The maximum Gasteiger partial charge on any atom is 0.261 e. The van der Waals surface area contributed by atoms with Crippen LogP contribution in [0.2, 0.25) is 0 Å². The molecule has 40 heavy (non-hydrogen) atoms. The molecule has 0 amide bonds. The van der Waals surface area contributed by atoms with E-state index >= 15 is 0 Å². The summed E-state index contributed by atoms with van der Waals surface area (Å²) in [6.45, 7) is 8.95. The van der Waals surface area contributed by atoms with Gasteiger partial charge in [-0.25, -0.2) is 9.37 Å². The van der Waals surface area contributed by atoms with E-state index in [0.717, 1.165) is 24.4 Å². The molecular weight excluding hydrogens is 509 g/mol. The van der Waals surface area contributed by atoms with Crippen molar-refractivity contribution in [2.75, 3.05) is 0 Å². The maximum absolute atomic E-state index is 14.0. The summed E-state index contributed by atoms with van der Waals surface area (Å²) in [5.41, 5.74) is 3.86.